The third-order valence-corrected chi connectivity index (χ3v) is 2.33. The highest BCUT2D eigenvalue weighted by atomic mass is 19.4. The van der Waals surface area contributed by atoms with Crippen LogP contribution in [0.15, 0.2) is 30.5 Å². The summed E-state index contributed by atoms with van der Waals surface area (Å²) in [5, 5.41) is 6.45. The van der Waals surface area contributed by atoms with E-state index < -0.39 is 12.1 Å². The number of aromatic amines is 1. The molecule has 1 aliphatic carbocycles. The highest BCUT2D eigenvalue weighted by Gasteiger charge is 2.37. The lowest BCUT2D eigenvalue weighted by Crippen LogP contribution is -2.21. The van der Waals surface area contributed by atoms with Gasteiger partial charge in [0.1, 0.15) is 0 Å². The van der Waals surface area contributed by atoms with E-state index in [1.54, 1.807) is 18.3 Å². The minimum absolute atomic E-state index is 0.00560. The Bertz CT molecular complexity index is 387. The van der Waals surface area contributed by atoms with Crippen molar-refractivity contribution in [2.75, 3.05) is 0 Å². The van der Waals surface area contributed by atoms with Crippen molar-refractivity contribution in [2.24, 2.45) is 5.92 Å². The Kier molecular flexibility index (Phi) is 2.38. The molecule has 0 aromatic carbocycles. The molecule has 0 radical (unpaired) electrons. The summed E-state index contributed by atoms with van der Waals surface area (Å²) < 4.78 is 36.9. The van der Waals surface area contributed by atoms with Gasteiger partial charge >= 0.3 is 6.18 Å². The number of H-pyrrole nitrogens is 1. The normalized spacial score (nSPS) is 21.5. The van der Waals surface area contributed by atoms with Crippen molar-refractivity contribution in [3.63, 3.8) is 0 Å². The smallest absolute Gasteiger partial charge is 0.278 e. The minimum atomic E-state index is -4.15. The highest BCUT2D eigenvalue weighted by Crippen LogP contribution is 2.34. The second-order valence-electron chi connectivity index (χ2n) is 3.37. The van der Waals surface area contributed by atoms with Gasteiger partial charge in [0.2, 0.25) is 0 Å². The van der Waals surface area contributed by atoms with Crippen molar-refractivity contribution in [3.05, 3.63) is 36.2 Å². The first-order valence-electron chi connectivity index (χ1n) is 4.52. The maximum absolute atomic E-state index is 12.3. The fraction of sp³-hybridized carbons (Fsp3) is 0.300. The molecule has 1 aromatic heterocycles. The first-order valence-corrected chi connectivity index (χ1v) is 4.52. The predicted octanol–water partition coefficient (Wildman–Crippen LogP) is 2.93. The van der Waals surface area contributed by atoms with Gasteiger partial charge < -0.3 is 0 Å². The largest absolute Gasteiger partial charge is 0.395 e. The lowest BCUT2D eigenvalue weighted by Gasteiger charge is -2.18. The van der Waals surface area contributed by atoms with E-state index in [9.17, 15) is 13.2 Å². The van der Waals surface area contributed by atoms with Crippen molar-refractivity contribution in [1.29, 1.82) is 0 Å². The summed E-state index contributed by atoms with van der Waals surface area (Å²) in [6.07, 6.45) is 1.66. The van der Waals surface area contributed by atoms with Crippen LogP contribution in [-0.2, 0) is 0 Å². The molecule has 0 saturated carbocycles. The lowest BCUT2D eigenvalue weighted by molar-refractivity contribution is -0.160. The van der Waals surface area contributed by atoms with Gasteiger partial charge in [-0.1, -0.05) is 18.2 Å². The minimum Gasteiger partial charge on any atom is -0.278 e. The molecule has 0 saturated heterocycles. The van der Waals surface area contributed by atoms with E-state index in [4.69, 9.17) is 0 Å². The summed E-state index contributed by atoms with van der Waals surface area (Å²) >= 11 is 0. The van der Waals surface area contributed by atoms with Crippen molar-refractivity contribution < 1.29 is 13.2 Å². The van der Waals surface area contributed by atoms with Gasteiger partial charge in [-0.2, -0.15) is 18.3 Å². The first kappa shape index (κ1) is 10.0. The molecule has 15 heavy (non-hydrogen) atoms. The average molecular weight is 214 g/mol. The quantitative estimate of drug-likeness (QED) is 0.765. The molecular weight excluding hydrogens is 205 g/mol. The Morgan fingerprint density at radius 1 is 1.40 bits per heavy atom. The van der Waals surface area contributed by atoms with Crippen molar-refractivity contribution in [1.82, 2.24) is 10.2 Å². The number of nitrogens with zero attached hydrogens (tertiary/aromatic N) is 1. The molecule has 1 N–H and O–H groups in total. The highest BCUT2D eigenvalue weighted by molar-refractivity contribution is 5.72. The molecule has 80 valence electrons. The van der Waals surface area contributed by atoms with Gasteiger partial charge in [0.05, 0.1) is 11.6 Å². The van der Waals surface area contributed by atoms with Crippen LogP contribution in [0.1, 0.15) is 12.1 Å². The lowest BCUT2D eigenvalue weighted by atomic mass is 9.95. The number of hydrogen-bond donors (Lipinski definition) is 1. The van der Waals surface area contributed by atoms with Gasteiger partial charge in [0.25, 0.3) is 0 Å². The second kappa shape index (κ2) is 3.56. The summed E-state index contributed by atoms with van der Waals surface area (Å²) in [6, 6.07) is 1.73. The molecule has 0 amide bonds. The molecule has 0 bridgehead atoms. The molecule has 0 fully saturated rings. The summed E-state index contributed by atoms with van der Waals surface area (Å²) in [7, 11) is 0. The number of allylic oxidation sites excluding steroid dienone is 4. The fourth-order valence-corrected chi connectivity index (χ4v) is 1.48. The topological polar surface area (TPSA) is 28.7 Å². The average Bonchev–Trinajstić information content (AvgIpc) is 2.69. The van der Waals surface area contributed by atoms with Gasteiger partial charge in [-0.25, -0.2) is 0 Å². The Morgan fingerprint density at radius 3 is 2.67 bits per heavy atom. The molecule has 1 heterocycles. The molecule has 0 aliphatic heterocycles. The monoisotopic (exact) mass is 214 g/mol. The Labute approximate surface area is 84.5 Å². The van der Waals surface area contributed by atoms with Gasteiger partial charge in [0.15, 0.2) is 0 Å². The van der Waals surface area contributed by atoms with Crippen molar-refractivity contribution in [3.8, 4) is 0 Å². The van der Waals surface area contributed by atoms with Crippen molar-refractivity contribution >= 4 is 5.57 Å². The van der Waals surface area contributed by atoms with Crippen LogP contribution >= 0.6 is 0 Å². The van der Waals surface area contributed by atoms with Crippen LogP contribution in [0.2, 0.25) is 0 Å². The van der Waals surface area contributed by atoms with E-state index in [1.807, 2.05) is 0 Å². The van der Waals surface area contributed by atoms with Gasteiger partial charge in [0, 0.05) is 6.20 Å². The van der Waals surface area contributed by atoms with E-state index in [0.29, 0.717) is 0 Å². The van der Waals surface area contributed by atoms with Crippen LogP contribution in [0.25, 0.3) is 5.57 Å². The third-order valence-electron chi connectivity index (χ3n) is 2.33. The predicted molar refractivity (Wildman–Crippen MR) is 49.9 cm³/mol. The van der Waals surface area contributed by atoms with E-state index >= 15 is 0 Å². The fourth-order valence-electron chi connectivity index (χ4n) is 1.48. The van der Waals surface area contributed by atoms with Crippen LogP contribution in [0, 0.1) is 5.92 Å². The van der Waals surface area contributed by atoms with E-state index in [0.717, 1.165) is 11.3 Å². The Balaban J connectivity index is 2.12. The molecule has 0 spiro atoms. The molecule has 1 atom stereocenters. The standard InChI is InChI=1S/C10H9F3N2/c11-10(12,13)8-3-1-7(2-4-8)9-5-6-14-15-9/h1-3,5-6,8H,4H2,(H,14,15). The maximum Gasteiger partial charge on any atom is 0.395 e. The molecule has 2 rings (SSSR count). The number of nitrogens with one attached hydrogen (secondary N) is 1. The Morgan fingerprint density at radius 2 is 2.20 bits per heavy atom. The molecular formula is C10H9F3N2. The summed E-state index contributed by atoms with van der Waals surface area (Å²) in [6.45, 7) is 0. The number of alkyl halides is 3. The second-order valence-corrected chi connectivity index (χ2v) is 3.37. The zero-order valence-electron chi connectivity index (χ0n) is 7.75. The molecule has 1 unspecified atom stereocenters. The SMILES string of the molecule is FC(F)(F)C1C=CC(c2ccn[nH]2)=CC1. The van der Waals surface area contributed by atoms with Gasteiger partial charge in [-0.05, 0) is 18.1 Å². The molecule has 1 aliphatic rings. The van der Waals surface area contributed by atoms with E-state index in [2.05, 4.69) is 10.2 Å². The number of aromatic nitrogens is 2. The number of halogens is 3. The van der Waals surface area contributed by atoms with E-state index in [-0.39, 0.29) is 6.42 Å². The zero-order valence-corrected chi connectivity index (χ0v) is 7.75. The number of hydrogen-bond acceptors (Lipinski definition) is 1. The van der Waals surface area contributed by atoms with Crippen LogP contribution in [0.4, 0.5) is 13.2 Å². The van der Waals surface area contributed by atoms with Crippen LogP contribution < -0.4 is 0 Å². The van der Waals surface area contributed by atoms with Crippen LogP contribution in [-0.4, -0.2) is 16.4 Å². The summed E-state index contributed by atoms with van der Waals surface area (Å²) in [5.41, 5.74) is 1.50. The maximum atomic E-state index is 12.3. The van der Waals surface area contributed by atoms with Crippen molar-refractivity contribution in [2.45, 2.75) is 12.6 Å². The summed E-state index contributed by atoms with van der Waals surface area (Å²) in [5.74, 6) is -1.36. The zero-order chi connectivity index (χ0) is 10.9. The molecule has 1 aromatic rings. The third kappa shape index (κ3) is 2.11. The Hall–Kier alpha value is -1.52. The van der Waals surface area contributed by atoms with E-state index in [1.165, 1.54) is 12.2 Å². The van der Waals surface area contributed by atoms with Gasteiger partial charge in [-0.15, -0.1) is 0 Å². The number of rotatable bonds is 1. The van der Waals surface area contributed by atoms with Gasteiger partial charge in [-0.3, -0.25) is 5.10 Å². The van der Waals surface area contributed by atoms with Crippen LogP contribution in [0.3, 0.4) is 0 Å². The molecule has 2 nitrogen and oxygen atoms in total. The molecule has 5 heteroatoms. The first-order chi connectivity index (χ1) is 7.07. The van der Waals surface area contributed by atoms with Crippen LogP contribution in [0.5, 0.6) is 0 Å². The summed E-state index contributed by atoms with van der Waals surface area (Å²) in [4.78, 5) is 0.